The number of nitrogens with one attached hydrogen (secondary N) is 1. The lowest BCUT2D eigenvalue weighted by molar-refractivity contribution is 0.0720. The van der Waals surface area contributed by atoms with E-state index >= 15 is 0 Å². The number of ether oxygens (including phenoxy) is 1. The molecule has 2 amide bonds. The second kappa shape index (κ2) is 14.1. The van der Waals surface area contributed by atoms with Crippen molar-refractivity contribution in [3.8, 4) is 28.1 Å². The molecule has 1 aliphatic rings. The zero-order valence-corrected chi connectivity index (χ0v) is 25.0. The molecule has 1 fully saturated rings. The highest BCUT2D eigenvalue weighted by atomic mass is 19.1. The Morgan fingerprint density at radius 2 is 1.80 bits per heavy atom. The monoisotopic (exact) mass is 596 g/mol. The predicted octanol–water partition coefficient (Wildman–Crippen LogP) is 4.78. The summed E-state index contributed by atoms with van der Waals surface area (Å²) in [6, 6.07) is 17.3. The SMILES string of the molecule is CCOc1ncccc1-c1ccc(N2CCN(C(=O)c3ccc(F)cc3-c3ccncc3)C[C@H]2CC)c(C(=O)NCCN)c1. The van der Waals surface area contributed by atoms with Crippen molar-refractivity contribution in [3.63, 3.8) is 0 Å². The minimum absolute atomic E-state index is 0.0539. The van der Waals surface area contributed by atoms with E-state index in [-0.39, 0.29) is 17.9 Å². The first-order valence-electron chi connectivity index (χ1n) is 14.9. The molecule has 1 aliphatic heterocycles. The van der Waals surface area contributed by atoms with Crippen molar-refractivity contribution in [2.75, 3.05) is 44.2 Å². The van der Waals surface area contributed by atoms with Crippen LogP contribution in [-0.4, -0.2) is 72.1 Å². The number of carbonyl (C=O) groups is 2. The van der Waals surface area contributed by atoms with Crippen LogP contribution in [0.4, 0.5) is 10.1 Å². The van der Waals surface area contributed by atoms with Crippen molar-refractivity contribution in [3.05, 3.63) is 96.2 Å². The van der Waals surface area contributed by atoms with E-state index in [1.807, 2.05) is 42.2 Å². The van der Waals surface area contributed by atoms with Gasteiger partial charge in [0.1, 0.15) is 5.82 Å². The molecular weight excluding hydrogens is 559 g/mol. The van der Waals surface area contributed by atoms with Gasteiger partial charge in [-0.3, -0.25) is 14.6 Å². The molecule has 2 aromatic carbocycles. The van der Waals surface area contributed by atoms with Crippen LogP contribution in [0.5, 0.6) is 5.88 Å². The summed E-state index contributed by atoms with van der Waals surface area (Å²) in [6.45, 7) is 6.50. The first-order chi connectivity index (χ1) is 21.4. The van der Waals surface area contributed by atoms with Crippen LogP contribution >= 0.6 is 0 Å². The smallest absolute Gasteiger partial charge is 0.254 e. The number of hydrogen-bond acceptors (Lipinski definition) is 7. The number of piperazine rings is 1. The van der Waals surface area contributed by atoms with E-state index in [1.54, 1.807) is 36.8 Å². The molecule has 0 saturated carbocycles. The van der Waals surface area contributed by atoms with Gasteiger partial charge >= 0.3 is 0 Å². The highest BCUT2D eigenvalue weighted by Crippen LogP contribution is 2.34. The zero-order chi connectivity index (χ0) is 31.1. The molecule has 2 aromatic heterocycles. The maximum Gasteiger partial charge on any atom is 0.254 e. The van der Waals surface area contributed by atoms with E-state index in [9.17, 15) is 14.0 Å². The zero-order valence-electron chi connectivity index (χ0n) is 25.0. The molecule has 5 rings (SSSR count). The van der Waals surface area contributed by atoms with Crippen LogP contribution < -0.4 is 20.7 Å². The standard InChI is InChI=1S/C34H37FN6O3/c1-3-26-22-40(34(43)28-9-8-25(35)21-29(28)23-11-15-37-16-12-23)18-19-41(26)31-10-7-24(20-30(31)32(42)38-17-13-36)27-6-5-14-39-33(27)44-4-2/h5-12,14-16,20-21,26H,3-4,13,17-19,22,36H2,1-2H3,(H,38,42)/t26-/m1/s1. The number of aromatic nitrogens is 2. The fraction of sp³-hybridized carbons (Fsp3) is 0.294. The minimum Gasteiger partial charge on any atom is -0.478 e. The molecule has 0 aliphatic carbocycles. The normalized spacial score (nSPS) is 14.8. The van der Waals surface area contributed by atoms with Gasteiger partial charge < -0.3 is 25.6 Å². The second-order valence-electron chi connectivity index (χ2n) is 10.5. The number of carbonyl (C=O) groups excluding carboxylic acids is 2. The first kappa shape index (κ1) is 30.6. The van der Waals surface area contributed by atoms with Crippen LogP contribution in [0.15, 0.2) is 79.3 Å². The van der Waals surface area contributed by atoms with E-state index < -0.39 is 5.82 Å². The lowest BCUT2D eigenvalue weighted by Gasteiger charge is -2.43. The number of pyridine rings is 2. The summed E-state index contributed by atoms with van der Waals surface area (Å²) in [5.74, 6) is -0.295. The van der Waals surface area contributed by atoms with Crippen molar-refractivity contribution in [1.82, 2.24) is 20.2 Å². The summed E-state index contributed by atoms with van der Waals surface area (Å²) in [6.07, 6.45) is 5.67. The Bertz CT molecular complexity index is 1620. The van der Waals surface area contributed by atoms with Crippen molar-refractivity contribution in [1.29, 1.82) is 0 Å². The molecule has 0 unspecified atom stereocenters. The summed E-state index contributed by atoms with van der Waals surface area (Å²) in [5, 5.41) is 2.92. The number of rotatable bonds is 10. The number of nitrogens with two attached hydrogens (primary N) is 1. The van der Waals surface area contributed by atoms with Crippen LogP contribution in [0.3, 0.4) is 0 Å². The van der Waals surface area contributed by atoms with Crippen molar-refractivity contribution < 1.29 is 18.7 Å². The number of anilines is 1. The van der Waals surface area contributed by atoms with Gasteiger partial charge in [-0.15, -0.1) is 0 Å². The van der Waals surface area contributed by atoms with Crippen LogP contribution in [0.1, 0.15) is 41.0 Å². The lowest BCUT2D eigenvalue weighted by Crippen LogP contribution is -2.55. The predicted molar refractivity (Wildman–Crippen MR) is 169 cm³/mol. The molecule has 10 heteroatoms. The molecule has 9 nitrogen and oxygen atoms in total. The number of nitrogens with zero attached hydrogens (tertiary/aromatic N) is 4. The molecule has 3 heterocycles. The van der Waals surface area contributed by atoms with E-state index in [4.69, 9.17) is 10.5 Å². The summed E-state index contributed by atoms with van der Waals surface area (Å²) in [7, 11) is 0. The van der Waals surface area contributed by atoms with E-state index in [1.165, 1.54) is 12.1 Å². The number of halogens is 1. The van der Waals surface area contributed by atoms with Crippen LogP contribution in [-0.2, 0) is 0 Å². The number of hydrogen-bond donors (Lipinski definition) is 2. The van der Waals surface area contributed by atoms with Gasteiger partial charge in [-0.25, -0.2) is 9.37 Å². The summed E-state index contributed by atoms with van der Waals surface area (Å²) in [5.41, 5.74) is 10.3. The molecule has 3 N–H and O–H groups in total. The van der Waals surface area contributed by atoms with Crippen LogP contribution in [0, 0.1) is 5.82 Å². The molecule has 44 heavy (non-hydrogen) atoms. The van der Waals surface area contributed by atoms with Gasteiger partial charge in [0.2, 0.25) is 5.88 Å². The molecule has 1 atom stereocenters. The molecule has 0 spiro atoms. The van der Waals surface area contributed by atoms with E-state index in [2.05, 4.69) is 27.1 Å². The maximum absolute atomic E-state index is 14.3. The van der Waals surface area contributed by atoms with Crippen molar-refractivity contribution in [2.24, 2.45) is 5.73 Å². The summed E-state index contributed by atoms with van der Waals surface area (Å²) in [4.78, 5) is 39.8. The molecule has 4 aromatic rings. The van der Waals surface area contributed by atoms with E-state index in [0.717, 1.165) is 28.8 Å². The van der Waals surface area contributed by atoms with Crippen LogP contribution in [0.2, 0.25) is 0 Å². The van der Waals surface area contributed by atoms with Gasteiger partial charge in [-0.2, -0.15) is 0 Å². The van der Waals surface area contributed by atoms with Gasteiger partial charge in [-0.1, -0.05) is 13.0 Å². The Kier molecular flexibility index (Phi) is 9.81. The quantitative estimate of drug-likeness (QED) is 0.271. The molecule has 0 bridgehead atoms. The Morgan fingerprint density at radius 1 is 0.977 bits per heavy atom. The Morgan fingerprint density at radius 3 is 2.55 bits per heavy atom. The van der Waals surface area contributed by atoms with Gasteiger partial charge in [0.05, 0.1) is 12.2 Å². The Balaban J connectivity index is 1.45. The van der Waals surface area contributed by atoms with Gasteiger partial charge in [0.25, 0.3) is 11.8 Å². The maximum atomic E-state index is 14.3. The van der Waals surface area contributed by atoms with Gasteiger partial charge in [0, 0.05) is 74.2 Å². The fourth-order valence-corrected chi connectivity index (χ4v) is 5.63. The fourth-order valence-electron chi connectivity index (χ4n) is 5.63. The molecular formula is C34H37FN6O3. The highest BCUT2D eigenvalue weighted by molar-refractivity contribution is 6.02. The largest absolute Gasteiger partial charge is 0.478 e. The Hall–Kier alpha value is -4.83. The Labute approximate surface area is 256 Å². The molecule has 1 saturated heterocycles. The topological polar surface area (TPSA) is 114 Å². The summed E-state index contributed by atoms with van der Waals surface area (Å²) >= 11 is 0. The van der Waals surface area contributed by atoms with Crippen LogP contribution in [0.25, 0.3) is 22.3 Å². The highest BCUT2D eigenvalue weighted by Gasteiger charge is 2.32. The summed E-state index contributed by atoms with van der Waals surface area (Å²) < 4.78 is 20.0. The van der Waals surface area contributed by atoms with Crippen molar-refractivity contribution in [2.45, 2.75) is 26.3 Å². The average Bonchev–Trinajstić information content (AvgIpc) is 3.07. The van der Waals surface area contributed by atoms with Gasteiger partial charge in [0.15, 0.2) is 0 Å². The third-order valence-electron chi connectivity index (χ3n) is 7.79. The first-order valence-corrected chi connectivity index (χ1v) is 14.9. The minimum atomic E-state index is -0.409. The van der Waals surface area contributed by atoms with Crippen molar-refractivity contribution >= 4 is 17.5 Å². The third kappa shape index (κ3) is 6.55. The average molecular weight is 597 g/mol. The van der Waals surface area contributed by atoms with Gasteiger partial charge in [-0.05, 0) is 84.6 Å². The molecule has 0 radical (unpaired) electrons. The second-order valence-corrected chi connectivity index (χ2v) is 10.5. The van der Waals surface area contributed by atoms with E-state index in [0.29, 0.717) is 61.9 Å². The number of amides is 2. The third-order valence-corrected chi connectivity index (χ3v) is 7.79. The molecule has 228 valence electrons. The number of benzene rings is 2. The lowest BCUT2D eigenvalue weighted by atomic mass is 9.97.